The number of likely N-dealkylation sites (tertiary alicyclic amines) is 1. The normalized spacial score (nSPS) is 29.2. The van der Waals surface area contributed by atoms with Crippen LogP contribution < -0.4 is 5.32 Å². The third kappa shape index (κ3) is 3.25. The summed E-state index contributed by atoms with van der Waals surface area (Å²) in [5.41, 5.74) is 0. The van der Waals surface area contributed by atoms with Crippen molar-refractivity contribution in [3.63, 3.8) is 0 Å². The van der Waals surface area contributed by atoms with Crippen LogP contribution in [0.25, 0.3) is 0 Å². The number of carbonyl (C=O) groups is 2. The number of hydrogen-bond donors (Lipinski definition) is 2. The summed E-state index contributed by atoms with van der Waals surface area (Å²) in [6, 6.07) is -0.0593. The molecule has 20 heavy (non-hydrogen) atoms. The average Bonchev–Trinajstić information content (AvgIpc) is 2.45. The Balaban J connectivity index is 1.95. The first-order valence-corrected chi connectivity index (χ1v) is 7.80. The number of rotatable bonds is 3. The minimum atomic E-state index is -0.869. The van der Waals surface area contributed by atoms with E-state index >= 15 is 0 Å². The molecule has 2 unspecified atom stereocenters. The van der Waals surface area contributed by atoms with Gasteiger partial charge in [0.25, 0.3) is 0 Å². The summed E-state index contributed by atoms with van der Waals surface area (Å²) in [4.78, 5) is 25.3. The molecule has 2 rings (SSSR count). The van der Waals surface area contributed by atoms with Gasteiger partial charge in [0.2, 0.25) is 0 Å². The van der Waals surface area contributed by atoms with Crippen molar-refractivity contribution in [2.24, 2.45) is 11.8 Å². The predicted molar refractivity (Wildman–Crippen MR) is 76.5 cm³/mol. The molecule has 0 spiro atoms. The molecule has 0 bridgehead atoms. The van der Waals surface area contributed by atoms with Crippen LogP contribution in [0.2, 0.25) is 0 Å². The zero-order valence-electron chi connectivity index (χ0n) is 12.5. The quantitative estimate of drug-likeness (QED) is 0.835. The van der Waals surface area contributed by atoms with Crippen molar-refractivity contribution < 1.29 is 14.7 Å². The van der Waals surface area contributed by atoms with E-state index in [2.05, 4.69) is 5.32 Å². The number of nitrogens with zero attached hydrogens (tertiary/aromatic N) is 1. The number of amides is 2. The van der Waals surface area contributed by atoms with Crippen molar-refractivity contribution >= 4 is 12.0 Å². The lowest BCUT2D eigenvalue weighted by atomic mass is 9.78. The van der Waals surface area contributed by atoms with Gasteiger partial charge in [0.15, 0.2) is 0 Å². The fraction of sp³-hybridized carbons (Fsp3) is 0.867. The first kappa shape index (κ1) is 15.1. The molecular weight excluding hydrogens is 256 g/mol. The molecule has 0 aromatic carbocycles. The Hall–Kier alpha value is -1.26. The van der Waals surface area contributed by atoms with Gasteiger partial charge in [-0.15, -0.1) is 0 Å². The maximum absolute atomic E-state index is 12.4. The number of carboxylic acids is 1. The second-order valence-corrected chi connectivity index (χ2v) is 6.31. The third-order valence-electron chi connectivity index (χ3n) is 4.99. The zero-order valence-corrected chi connectivity index (χ0v) is 12.5. The van der Waals surface area contributed by atoms with Gasteiger partial charge in [-0.25, -0.2) is 4.79 Å². The van der Waals surface area contributed by atoms with Crippen molar-refractivity contribution in [1.29, 1.82) is 0 Å². The minimum absolute atomic E-state index is 0.0813. The topological polar surface area (TPSA) is 69.6 Å². The van der Waals surface area contributed by atoms with Crippen LogP contribution in [0.15, 0.2) is 0 Å². The number of nitrogens with one attached hydrogen (secondary N) is 1. The van der Waals surface area contributed by atoms with Crippen molar-refractivity contribution in [2.45, 2.75) is 64.5 Å². The van der Waals surface area contributed by atoms with Gasteiger partial charge in [0.05, 0.1) is 5.92 Å². The number of fused-ring (bicyclic) bond motifs is 1. The standard InChI is InChI=1S/C15H26N2O3/c1-10(14(18)19)11(2)16-15(20)17-9-5-7-12-6-3-4-8-13(12)17/h10-13H,3-9H2,1-2H3,(H,16,20)(H,18,19)/t10?,11?,12-,13-/m1/s1. The van der Waals surface area contributed by atoms with Gasteiger partial charge in [0.1, 0.15) is 0 Å². The van der Waals surface area contributed by atoms with E-state index in [-0.39, 0.29) is 12.1 Å². The Kier molecular flexibility index (Phi) is 4.89. The molecule has 2 N–H and O–H groups in total. The molecule has 1 saturated heterocycles. The Morgan fingerprint density at radius 3 is 2.50 bits per heavy atom. The highest BCUT2D eigenvalue weighted by Crippen LogP contribution is 2.35. The Morgan fingerprint density at radius 2 is 1.80 bits per heavy atom. The lowest BCUT2D eigenvalue weighted by molar-refractivity contribution is -0.141. The first-order valence-electron chi connectivity index (χ1n) is 7.80. The lowest BCUT2D eigenvalue weighted by Crippen LogP contribution is -2.55. The molecule has 0 aromatic heterocycles. The summed E-state index contributed by atoms with van der Waals surface area (Å²) in [5, 5.41) is 11.9. The van der Waals surface area contributed by atoms with E-state index in [0.29, 0.717) is 12.0 Å². The first-order chi connectivity index (χ1) is 9.50. The summed E-state index contributed by atoms with van der Waals surface area (Å²) in [6.45, 7) is 4.20. The van der Waals surface area contributed by atoms with E-state index in [4.69, 9.17) is 5.11 Å². The number of carbonyl (C=O) groups excluding carboxylic acids is 1. The second-order valence-electron chi connectivity index (χ2n) is 6.31. The van der Waals surface area contributed by atoms with E-state index in [9.17, 15) is 9.59 Å². The van der Waals surface area contributed by atoms with E-state index in [0.717, 1.165) is 19.4 Å². The summed E-state index contributed by atoms with van der Waals surface area (Å²) >= 11 is 0. The van der Waals surface area contributed by atoms with Crippen LogP contribution in [-0.4, -0.2) is 40.6 Å². The van der Waals surface area contributed by atoms with Crippen LogP contribution in [0.5, 0.6) is 0 Å². The summed E-state index contributed by atoms with van der Waals surface area (Å²) in [5.74, 6) is -0.784. The molecule has 0 radical (unpaired) electrons. The number of urea groups is 1. The van der Waals surface area contributed by atoms with Crippen LogP contribution >= 0.6 is 0 Å². The van der Waals surface area contributed by atoms with Crippen molar-refractivity contribution in [3.8, 4) is 0 Å². The Bertz CT molecular complexity index is 370. The van der Waals surface area contributed by atoms with Crippen LogP contribution in [0.1, 0.15) is 52.4 Å². The molecule has 1 heterocycles. The van der Waals surface area contributed by atoms with Gasteiger partial charge < -0.3 is 15.3 Å². The van der Waals surface area contributed by atoms with Crippen LogP contribution in [0.3, 0.4) is 0 Å². The van der Waals surface area contributed by atoms with Crippen molar-refractivity contribution in [2.75, 3.05) is 6.54 Å². The highest BCUT2D eigenvalue weighted by atomic mass is 16.4. The highest BCUT2D eigenvalue weighted by Gasteiger charge is 2.36. The number of carboxylic acid groups (broad SMARTS) is 1. The molecule has 114 valence electrons. The molecular formula is C15H26N2O3. The fourth-order valence-electron chi connectivity index (χ4n) is 3.49. The predicted octanol–water partition coefficient (Wildman–Crippen LogP) is 2.46. The van der Waals surface area contributed by atoms with Gasteiger partial charge in [-0.2, -0.15) is 0 Å². The molecule has 2 fully saturated rings. The van der Waals surface area contributed by atoms with Crippen molar-refractivity contribution in [3.05, 3.63) is 0 Å². The average molecular weight is 282 g/mol. The van der Waals surface area contributed by atoms with Crippen LogP contribution in [-0.2, 0) is 4.79 Å². The third-order valence-corrected chi connectivity index (χ3v) is 4.99. The fourth-order valence-corrected chi connectivity index (χ4v) is 3.49. The molecule has 0 aromatic rings. The number of hydrogen-bond acceptors (Lipinski definition) is 2. The molecule has 1 aliphatic heterocycles. The molecule has 2 aliphatic rings. The van der Waals surface area contributed by atoms with Gasteiger partial charge in [-0.1, -0.05) is 12.8 Å². The lowest BCUT2D eigenvalue weighted by Gasteiger charge is -2.44. The molecule has 4 atom stereocenters. The number of aliphatic carboxylic acids is 1. The van der Waals surface area contributed by atoms with E-state index < -0.39 is 11.9 Å². The summed E-state index contributed by atoms with van der Waals surface area (Å²) in [7, 11) is 0. The molecule has 5 heteroatoms. The number of piperidine rings is 1. The van der Waals surface area contributed by atoms with Gasteiger partial charge in [0, 0.05) is 18.6 Å². The van der Waals surface area contributed by atoms with Crippen LogP contribution in [0.4, 0.5) is 4.79 Å². The highest BCUT2D eigenvalue weighted by molar-refractivity contribution is 5.77. The maximum Gasteiger partial charge on any atom is 0.317 e. The second kappa shape index (κ2) is 6.46. The van der Waals surface area contributed by atoms with Crippen molar-refractivity contribution in [1.82, 2.24) is 10.2 Å². The van der Waals surface area contributed by atoms with E-state index in [1.165, 1.54) is 25.7 Å². The SMILES string of the molecule is CC(NC(=O)N1CCC[C@H]2CCCC[C@H]21)C(C)C(=O)O. The molecule has 2 amide bonds. The minimum Gasteiger partial charge on any atom is -0.481 e. The Labute approximate surface area is 120 Å². The molecule has 5 nitrogen and oxygen atoms in total. The molecule has 1 aliphatic carbocycles. The smallest absolute Gasteiger partial charge is 0.317 e. The zero-order chi connectivity index (χ0) is 14.7. The largest absolute Gasteiger partial charge is 0.481 e. The molecule has 1 saturated carbocycles. The monoisotopic (exact) mass is 282 g/mol. The van der Waals surface area contributed by atoms with Gasteiger partial charge >= 0.3 is 12.0 Å². The maximum atomic E-state index is 12.4. The summed E-state index contributed by atoms with van der Waals surface area (Å²) in [6.07, 6.45) is 7.11. The van der Waals surface area contributed by atoms with Gasteiger partial charge in [-0.3, -0.25) is 4.79 Å². The van der Waals surface area contributed by atoms with Crippen LogP contribution in [0, 0.1) is 11.8 Å². The van der Waals surface area contributed by atoms with E-state index in [1.807, 2.05) is 4.90 Å². The summed E-state index contributed by atoms with van der Waals surface area (Å²) < 4.78 is 0. The van der Waals surface area contributed by atoms with Gasteiger partial charge in [-0.05, 0) is 45.4 Å². The van der Waals surface area contributed by atoms with E-state index in [1.54, 1.807) is 13.8 Å². The Morgan fingerprint density at radius 1 is 1.15 bits per heavy atom.